The van der Waals surface area contributed by atoms with Gasteiger partial charge >= 0.3 is 0 Å². The van der Waals surface area contributed by atoms with Crippen LogP contribution in [-0.2, 0) is 0 Å². The van der Waals surface area contributed by atoms with Crippen LogP contribution in [0.1, 0.15) is 12.8 Å². The predicted molar refractivity (Wildman–Crippen MR) is 82.2 cm³/mol. The van der Waals surface area contributed by atoms with Gasteiger partial charge in [-0.1, -0.05) is 0 Å². The van der Waals surface area contributed by atoms with Gasteiger partial charge in [0.15, 0.2) is 11.5 Å². The van der Waals surface area contributed by atoms with Crippen LogP contribution in [0.25, 0.3) is 11.1 Å². The minimum absolute atomic E-state index is 0.0131. The lowest BCUT2D eigenvalue weighted by Crippen LogP contribution is -2.32. The van der Waals surface area contributed by atoms with Gasteiger partial charge in [0.1, 0.15) is 11.3 Å². The van der Waals surface area contributed by atoms with Crippen LogP contribution in [0.15, 0.2) is 16.5 Å². The summed E-state index contributed by atoms with van der Waals surface area (Å²) in [5.41, 5.74) is 7.76. The van der Waals surface area contributed by atoms with E-state index in [0.717, 1.165) is 24.2 Å². The number of nitrogens with zero attached hydrogens (tertiary/aromatic N) is 3. The Bertz CT molecular complexity index is 595. The summed E-state index contributed by atoms with van der Waals surface area (Å²) >= 11 is 0. The number of aliphatic hydroxyl groups excluding tert-OH is 2. The Kier molecular flexibility index (Phi) is 3.94. The van der Waals surface area contributed by atoms with E-state index in [1.807, 2.05) is 21.7 Å². The van der Waals surface area contributed by atoms with Crippen LogP contribution in [0, 0.1) is 0 Å². The molecule has 1 saturated heterocycles. The van der Waals surface area contributed by atoms with Crippen molar-refractivity contribution < 1.29 is 14.6 Å². The third-order valence-electron chi connectivity index (χ3n) is 3.90. The molecule has 0 aliphatic carbocycles. The van der Waals surface area contributed by atoms with Gasteiger partial charge in [-0.3, -0.25) is 0 Å². The van der Waals surface area contributed by atoms with Gasteiger partial charge in [-0.05, 0) is 12.8 Å². The quantitative estimate of drug-likeness (QED) is 0.711. The third kappa shape index (κ3) is 2.54. The number of aliphatic hydroxyl groups is 2. The monoisotopic (exact) mass is 294 g/mol. The van der Waals surface area contributed by atoms with Crippen molar-refractivity contribution in [3.05, 3.63) is 12.1 Å². The SMILES string of the molecule is Nc1cc2oc(N(CCO)CCO)cc2n1N1CCCC1. The lowest BCUT2D eigenvalue weighted by atomic mass is 10.4. The maximum Gasteiger partial charge on any atom is 0.198 e. The van der Waals surface area contributed by atoms with Gasteiger partial charge in [-0.15, -0.1) is 0 Å². The first-order valence-corrected chi connectivity index (χ1v) is 7.37. The van der Waals surface area contributed by atoms with E-state index in [1.165, 1.54) is 12.8 Å². The van der Waals surface area contributed by atoms with Crippen molar-refractivity contribution in [2.24, 2.45) is 0 Å². The molecule has 0 bridgehead atoms. The molecule has 0 radical (unpaired) electrons. The minimum Gasteiger partial charge on any atom is -0.439 e. The van der Waals surface area contributed by atoms with Crippen molar-refractivity contribution >= 4 is 22.8 Å². The first-order chi connectivity index (χ1) is 10.2. The van der Waals surface area contributed by atoms with Gasteiger partial charge in [0.05, 0.1) is 13.2 Å². The molecule has 1 aliphatic heterocycles. The number of hydrogen-bond donors (Lipinski definition) is 3. The highest BCUT2D eigenvalue weighted by atomic mass is 16.4. The summed E-state index contributed by atoms with van der Waals surface area (Å²) in [7, 11) is 0. The molecule has 116 valence electrons. The predicted octanol–water partition coefficient (Wildman–Crippen LogP) is 0.339. The fourth-order valence-electron chi connectivity index (χ4n) is 2.93. The maximum absolute atomic E-state index is 9.12. The number of hydrogen-bond acceptors (Lipinski definition) is 6. The normalized spacial score (nSPS) is 15.2. The van der Waals surface area contributed by atoms with E-state index in [2.05, 4.69) is 5.01 Å². The second-order valence-electron chi connectivity index (χ2n) is 5.31. The highest BCUT2D eigenvalue weighted by Crippen LogP contribution is 2.31. The van der Waals surface area contributed by atoms with Gasteiger partial charge in [0.2, 0.25) is 0 Å². The van der Waals surface area contributed by atoms with Crippen LogP contribution >= 0.6 is 0 Å². The highest BCUT2D eigenvalue weighted by molar-refractivity contribution is 5.83. The molecule has 7 heteroatoms. The van der Waals surface area contributed by atoms with Crippen molar-refractivity contribution in [2.45, 2.75) is 12.8 Å². The van der Waals surface area contributed by atoms with E-state index in [9.17, 15) is 0 Å². The molecule has 7 nitrogen and oxygen atoms in total. The number of nitrogen functional groups attached to an aromatic ring is 1. The largest absolute Gasteiger partial charge is 0.439 e. The van der Waals surface area contributed by atoms with Crippen molar-refractivity contribution in [3.8, 4) is 0 Å². The number of rotatable bonds is 6. The van der Waals surface area contributed by atoms with Crippen LogP contribution in [0.2, 0.25) is 0 Å². The van der Waals surface area contributed by atoms with Crippen LogP contribution in [0.3, 0.4) is 0 Å². The molecular weight excluding hydrogens is 272 g/mol. The highest BCUT2D eigenvalue weighted by Gasteiger charge is 2.21. The molecular formula is C14H22N4O3. The zero-order chi connectivity index (χ0) is 14.8. The molecule has 1 aliphatic rings. The summed E-state index contributed by atoms with van der Waals surface area (Å²) in [5, 5.41) is 20.5. The van der Waals surface area contributed by atoms with E-state index >= 15 is 0 Å². The fraction of sp³-hybridized carbons (Fsp3) is 0.571. The van der Waals surface area contributed by atoms with Crippen molar-refractivity contribution in [2.75, 3.05) is 55.0 Å². The molecule has 0 unspecified atom stereocenters. The van der Waals surface area contributed by atoms with Gasteiger partial charge in [0, 0.05) is 38.3 Å². The van der Waals surface area contributed by atoms with E-state index in [0.29, 0.717) is 24.8 Å². The minimum atomic E-state index is 0.0131. The van der Waals surface area contributed by atoms with E-state index in [-0.39, 0.29) is 13.2 Å². The molecule has 3 rings (SSSR count). The van der Waals surface area contributed by atoms with Crippen LogP contribution < -0.4 is 15.6 Å². The first kappa shape index (κ1) is 14.1. The second-order valence-corrected chi connectivity index (χ2v) is 5.31. The van der Waals surface area contributed by atoms with E-state index < -0.39 is 0 Å². The number of furan rings is 1. The van der Waals surface area contributed by atoms with Crippen molar-refractivity contribution in [1.29, 1.82) is 0 Å². The van der Waals surface area contributed by atoms with Crippen LogP contribution in [0.5, 0.6) is 0 Å². The molecule has 0 aromatic carbocycles. The summed E-state index contributed by atoms with van der Waals surface area (Å²) in [6.07, 6.45) is 2.34. The van der Waals surface area contributed by atoms with Gasteiger partial charge in [0.25, 0.3) is 0 Å². The Labute approximate surface area is 123 Å². The lowest BCUT2D eigenvalue weighted by molar-refractivity contribution is 0.278. The average Bonchev–Trinajstić information content (AvgIpc) is 3.14. The molecule has 4 N–H and O–H groups in total. The van der Waals surface area contributed by atoms with Crippen LogP contribution in [0.4, 0.5) is 11.7 Å². The standard InChI is InChI=1S/C14H22N4O3/c15-13-10-12-11(18(13)17-3-1-2-4-17)9-14(21-12)16(5-7-19)6-8-20/h9-10,19-20H,1-8,15H2. The number of nitrogens with two attached hydrogens (primary N) is 1. The van der Waals surface area contributed by atoms with Gasteiger partial charge in [-0.25, -0.2) is 4.68 Å². The molecule has 1 fully saturated rings. The van der Waals surface area contributed by atoms with Crippen molar-refractivity contribution in [1.82, 2.24) is 4.68 Å². The Balaban J connectivity index is 1.96. The van der Waals surface area contributed by atoms with Gasteiger partial charge in [-0.2, -0.15) is 0 Å². The zero-order valence-corrected chi connectivity index (χ0v) is 12.0. The maximum atomic E-state index is 9.12. The molecule has 0 atom stereocenters. The summed E-state index contributed by atoms with van der Waals surface area (Å²) in [4.78, 5) is 1.82. The smallest absolute Gasteiger partial charge is 0.198 e. The summed E-state index contributed by atoms with van der Waals surface area (Å²) < 4.78 is 7.84. The molecule has 0 amide bonds. The van der Waals surface area contributed by atoms with Gasteiger partial charge < -0.3 is 30.3 Å². The molecule has 21 heavy (non-hydrogen) atoms. The fourth-order valence-corrected chi connectivity index (χ4v) is 2.93. The third-order valence-corrected chi connectivity index (χ3v) is 3.90. The first-order valence-electron chi connectivity index (χ1n) is 7.37. The van der Waals surface area contributed by atoms with E-state index in [4.69, 9.17) is 20.4 Å². The molecule has 0 saturated carbocycles. The number of fused-ring (bicyclic) bond motifs is 1. The Morgan fingerprint density at radius 2 is 1.81 bits per heavy atom. The Morgan fingerprint density at radius 3 is 2.43 bits per heavy atom. The molecule has 3 heterocycles. The summed E-state index contributed by atoms with van der Waals surface area (Å²) in [6, 6.07) is 3.75. The summed E-state index contributed by atoms with van der Waals surface area (Å²) in [5.74, 6) is 1.32. The molecule has 0 spiro atoms. The molecule has 2 aromatic heterocycles. The molecule has 2 aromatic rings. The topological polar surface area (TPSA) is 91.0 Å². The zero-order valence-electron chi connectivity index (χ0n) is 12.0. The lowest BCUT2D eigenvalue weighted by Gasteiger charge is -2.21. The Morgan fingerprint density at radius 1 is 1.14 bits per heavy atom. The van der Waals surface area contributed by atoms with Crippen molar-refractivity contribution in [3.63, 3.8) is 0 Å². The second kappa shape index (κ2) is 5.87. The van der Waals surface area contributed by atoms with Crippen LogP contribution in [-0.4, -0.2) is 54.3 Å². The van der Waals surface area contributed by atoms with E-state index in [1.54, 1.807) is 0 Å². The Hall–Kier alpha value is -1.86. The number of aromatic nitrogens is 1. The summed E-state index contributed by atoms with van der Waals surface area (Å²) in [6.45, 7) is 2.86. The number of anilines is 2. The average molecular weight is 294 g/mol.